The smallest absolute Gasteiger partial charge is 0.0658 e. The molecule has 0 saturated heterocycles. The number of nitrogens with zero attached hydrogens (tertiary/aromatic N) is 2. The fourth-order valence-corrected chi connectivity index (χ4v) is 3.66. The van der Waals surface area contributed by atoms with Crippen molar-refractivity contribution in [2.45, 2.75) is 49.9 Å². The van der Waals surface area contributed by atoms with Crippen LogP contribution in [0.1, 0.15) is 43.7 Å². The molecule has 0 aromatic carbocycles. The van der Waals surface area contributed by atoms with Crippen molar-refractivity contribution in [3.05, 3.63) is 16.4 Å². The summed E-state index contributed by atoms with van der Waals surface area (Å²) in [5, 5.41) is 4.65. The zero-order valence-corrected chi connectivity index (χ0v) is 13.1. The summed E-state index contributed by atoms with van der Waals surface area (Å²) >= 11 is 10.2. The van der Waals surface area contributed by atoms with E-state index < -0.39 is 0 Å². The van der Waals surface area contributed by atoms with E-state index in [1.54, 1.807) is 7.11 Å². The lowest BCUT2D eigenvalue weighted by atomic mass is 9.96. The van der Waals surface area contributed by atoms with Crippen LogP contribution in [0.15, 0.2) is 10.7 Å². The number of ether oxygens (including phenoxy) is 1. The number of halogens is 2. The van der Waals surface area contributed by atoms with Gasteiger partial charge in [0, 0.05) is 18.4 Å². The first-order valence-corrected chi connectivity index (χ1v) is 7.81. The summed E-state index contributed by atoms with van der Waals surface area (Å²) in [6.45, 7) is 1.47. The van der Waals surface area contributed by atoms with Crippen molar-refractivity contribution >= 4 is 27.5 Å². The molecule has 0 amide bonds. The van der Waals surface area contributed by atoms with Crippen LogP contribution in [0, 0.1) is 0 Å². The summed E-state index contributed by atoms with van der Waals surface area (Å²) in [6.07, 6.45) is 7.94. The third-order valence-corrected chi connectivity index (χ3v) is 4.76. The molecule has 3 nitrogen and oxygen atoms in total. The van der Waals surface area contributed by atoms with Gasteiger partial charge < -0.3 is 4.74 Å². The van der Waals surface area contributed by atoms with Gasteiger partial charge >= 0.3 is 0 Å². The van der Waals surface area contributed by atoms with Crippen molar-refractivity contribution in [2.24, 2.45) is 0 Å². The number of alkyl halides is 1. The Morgan fingerprint density at radius 3 is 3.00 bits per heavy atom. The minimum Gasteiger partial charge on any atom is -0.383 e. The summed E-state index contributed by atoms with van der Waals surface area (Å²) < 4.78 is 8.26. The van der Waals surface area contributed by atoms with Crippen LogP contribution < -0.4 is 0 Å². The maximum absolute atomic E-state index is 6.56. The highest BCUT2D eigenvalue weighted by Gasteiger charge is 2.28. The predicted molar refractivity (Wildman–Crippen MR) is 77.3 cm³/mol. The Morgan fingerprint density at radius 1 is 1.44 bits per heavy atom. The van der Waals surface area contributed by atoms with Crippen molar-refractivity contribution in [3.63, 3.8) is 0 Å². The Kier molecular flexibility index (Phi) is 5.52. The minimum absolute atomic E-state index is 0.224. The third kappa shape index (κ3) is 3.28. The molecule has 0 aliphatic heterocycles. The van der Waals surface area contributed by atoms with Gasteiger partial charge in [0.25, 0.3) is 0 Å². The van der Waals surface area contributed by atoms with E-state index in [1.165, 1.54) is 25.0 Å². The molecule has 1 aliphatic rings. The van der Waals surface area contributed by atoms with E-state index >= 15 is 0 Å². The Bertz CT molecular complexity index is 383. The Balaban J connectivity index is 2.21. The maximum atomic E-state index is 6.56. The predicted octanol–water partition coefficient (Wildman–Crippen LogP) is 3.95. The molecule has 1 heterocycles. The second-order valence-electron chi connectivity index (χ2n) is 4.85. The van der Waals surface area contributed by atoms with Crippen LogP contribution in [0.2, 0.25) is 0 Å². The molecule has 0 radical (unpaired) electrons. The van der Waals surface area contributed by atoms with Crippen molar-refractivity contribution in [1.29, 1.82) is 0 Å². The summed E-state index contributed by atoms with van der Waals surface area (Å²) in [7, 11) is 1.72. The number of methoxy groups -OCH3 is 1. The Labute approximate surface area is 122 Å². The van der Waals surface area contributed by atoms with Gasteiger partial charge in [0.15, 0.2) is 0 Å². The largest absolute Gasteiger partial charge is 0.383 e. The first-order valence-electron chi connectivity index (χ1n) is 6.58. The molecule has 1 aromatic heterocycles. The SMILES string of the molecule is COCCn1ncc(Br)c1C1CCCCCC1Cl. The van der Waals surface area contributed by atoms with Gasteiger partial charge in [-0.1, -0.05) is 19.3 Å². The summed E-state index contributed by atoms with van der Waals surface area (Å²) in [5.74, 6) is 0.405. The van der Waals surface area contributed by atoms with Gasteiger partial charge in [-0.2, -0.15) is 5.10 Å². The molecule has 1 aromatic rings. The fraction of sp³-hybridized carbons (Fsp3) is 0.769. The summed E-state index contributed by atoms with van der Waals surface area (Å²) in [6, 6.07) is 0. The first-order chi connectivity index (χ1) is 8.74. The lowest BCUT2D eigenvalue weighted by Crippen LogP contribution is -2.18. The minimum atomic E-state index is 0.224. The Morgan fingerprint density at radius 2 is 2.22 bits per heavy atom. The summed E-state index contributed by atoms with van der Waals surface area (Å²) in [5.41, 5.74) is 1.24. The van der Waals surface area contributed by atoms with Gasteiger partial charge in [-0.3, -0.25) is 4.68 Å². The molecule has 102 valence electrons. The standard InChI is InChI=1S/C13H20BrClN2O/c1-18-8-7-17-13(11(14)9-16-17)10-5-3-2-4-6-12(10)15/h9-10,12H,2-8H2,1H3. The average molecular weight is 336 g/mol. The van der Waals surface area contributed by atoms with E-state index in [0.717, 1.165) is 23.9 Å². The van der Waals surface area contributed by atoms with E-state index in [1.807, 2.05) is 10.9 Å². The Hall–Kier alpha value is -0.0600. The number of hydrogen-bond donors (Lipinski definition) is 0. The van der Waals surface area contributed by atoms with Crippen LogP contribution in [0.3, 0.4) is 0 Å². The number of rotatable bonds is 4. The maximum Gasteiger partial charge on any atom is 0.0658 e. The van der Waals surface area contributed by atoms with Gasteiger partial charge in [-0.05, 0) is 28.8 Å². The van der Waals surface area contributed by atoms with Gasteiger partial charge in [-0.25, -0.2) is 0 Å². The van der Waals surface area contributed by atoms with Crippen LogP contribution in [-0.4, -0.2) is 28.9 Å². The monoisotopic (exact) mass is 334 g/mol. The van der Waals surface area contributed by atoms with E-state index in [0.29, 0.717) is 12.5 Å². The van der Waals surface area contributed by atoms with Crippen molar-refractivity contribution in [2.75, 3.05) is 13.7 Å². The normalized spacial score (nSPS) is 25.1. The topological polar surface area (TPSA) is 27.1 Å². The van der Waals surface area contributed by atoms with Gasteiger partial charge in [0.1, 0.15) is 0 Å². The second kappa shape index (κ2) is 6.92. The quantitative estimate of drug-likeness (QED) is 0.615. The molecule has 0 bridgehead atoms. The molecule has 1 aliphatic carbocycles. The van der Waals surface area contributed by atoms with Gasteiger partial charge in [0.05, 0.1) is 29.5 Å². The van der Waals surface area contributed by atoms with Crippen molar-refractivity contribution in [3.8, 4) is 0 Å². The van der Waals surface area contributed by atoms with E-state index in [4.69, 9.17) is 16.3 Å². The van der Waals surface area contributed by atoms with Crippen LogP contribution in [0.25, 0.3) is 0 Å². The molecule has 5 heteroatoms. The van der Waals surface area contributed by atoms with Crippen LogP contribution in [0.4, 0.5) is 0 Å². The van der Waals surface area contributed by atoms with Crippen LogP contribution in [-0.2, 0) is 11.3 Å². The molecule has 0 N–H and O–H groups in total. The molecule has 2 rings (SSSR count). The van der Waals surface area contributed by atoms with Crippen LogP contribution >= 0.6 is 27.5 Å². The first kappa shape index (κ1) is 14.4. The highest BCUT2D eigenvalue weighted by atomic mass is 79.9. The number of aromatic nitrogens is 2. The van der Waals surface area contributed by atoms with Crippen molar-refractivity contribution in [1.82, 2.24) is 9.78 Å². The summed E-state index contributed by atoms with van der Waals surface area (Å²) in [4.78, 5) is 0. The second-order valence-corrected chi connectivity index (χ2v) is 6.27. The van der Waals surface area contributed by atoms with E-state index in [2.05, 4.69) is 21.0 Å². The zero-order valence-electron chi connectivity index (χ0n) is 10.7. The molecule has 1 fully saturated rings. The number of hydrogen-bond acceptors (Lipinski definition) is 2. The lowest BCUT2D eigenvalue weighted by molar-refractivity contribution is 0.181. The molecular formula is C13H20BrClN2O. The van der Waals surface area contributed by atoms with Crippen molar-refractivity contribution < 1.29 is 4.74 Å². The average Bonchev–Trinajstić information content (AvgIpc) is 2.58. The van der Waals surface area contributed by atoms with E-state index in [-0.39, 0.29) is 5.38 Å². The molecule has 18 heavy (non-hydrogen) atoms. The highest BCUT2D eigenvalue weighted by Crippen LogP contribution is 2.38. The van der Waals surface area contributed by atoms with Gasteiger partial charge in [-0.15, -0.1) is 11.6 Å². The van der Waals surface area contributed by atoms with E-state index in [9.17, 15) is 0 Å². The fourth-order valence-electron chi connectivity index (χ4n) is 2.67. The molecule has 2 atom stereocenters. The van der Waals surface area contributed by atoms with Gasteiger partial charge in [0.2, 0.25) is 0 Å². The molecular weight excluding hydrogens is 316 g/mol. The third-order valence-electron chi connectivity index (χ3n) is 3.62. The molecule has 2 unspecified atom stereocenters. The highest BCUT2D eigenvalue weighted by molar-refractivity contribution is 9.10. The molecule has 1 saturated carbocycles. The zero-order chi connectivity index (χ0) is 13.0. The lowest BCUT2D eigenvalue weighted by Gasteiger charge is -2.21. The molecule has 0 spiro atoms. The van der Waals surface area contributed by atoms with Crippen LogP contribution in [0.5, 0.6) is 0 Å².